The Morgan fingerprint density at radius 1 is 1.39 bits per heavy atom. The van der Waals surface area contributed by atoms with E-state index >= 15 is 0 Å². The lowest BCUT2D eigenvalue weighted by molar-refractivity contribution is 0.117. The molecular weight excluding hydrogens is 296 g/mol. The molecule has 7 nitrogen and oxygen atoms in total. The average molecular weight is 318 g/mol. The van der Waals surface area contributed by atoms with E-state index in [1.807, 2.05) is 19.9 Å². The van der Waals surface area contributed by atoms with Crippen LogP contribution in [0.15, 0.2) is 28.8 Å². The summed E-state index contributed by atoms with van der Waals surface area (Å²) in [5.41, 5.74) is 1.39. The van der Waals surface area contributed by atoms with Crippen molar-refractivity contribution < 1.29 is 14.4 Å². The summed E-state index contributed by atoms with van der Waals surface area (Å²) in [6.45, 7) is 6.01. The molecular formula is C16H22N4O3. The summed E-state index contributed by atoms with van der Waals surface area (Å²) >= 11 is 0. The molecule has 0 aliphatic heterocycles. The molecule has 1 aromatic carbocycles. The number of aryl methyl sites for hydroxylation is 1. The molecule has 0 radical (unpaired) electrons. The predicted molar refractivity (Wildman–Crippen MR) is 87.0 cm³/mol. The van der Waals surface area contributed by atoms with E-state index in [1.54, 1.807) is 25.1 Å². The minimum absolute atomic E-state index is 0.176. The summed E-state index contributed by atoms with van der Waals surface area (Å²) in [6.07, 6.45) is 0.105. The van der Waals surface area contributed by atoms with Gasteiger partial charge in [-0.25, -0.2) is 4.79 Å². The lowest BCUT2D eigenvalue weighted by atomic mass is 10.0. The van der Waals surface area contributed by atoms with Gasteiger partial charge in [-0.05, 0) is 24.5 Å². The zero-order valence-corrected chi connectivity index (χ0v) is 13.5. The second kappa shape index (κ2) is 7.73. The van der Waals surface area contributed by atoms with Crippen molar-refractivity contribution >= 4 is 11.7 Å². The molecule has 2 amide bonds. The molecule has 7 heteroatoms. The number of hydrogen-bond donors (Lipinski definition) is 3. The fourth-order valence-electron chi connectivity index (χ4n) is 1.99. The summed E-state index contributed by atoms with van der Waals surface area (Å²) in [5.74, 6) is 1.14. The van der Waals surface area contributed by atoms with Crippen LogP contribution in [0, 0.1) is 12.8 Å². The number of aliphatic hydroxyl groups is 1. The summed E-state index contributed by atoms with van der Waals surface area (Å²) in [6, 6.07) is 6.87. The fourth-order valence-corrected chi connectivity index (χ4v) is 1.99. The SMILES string of the molecule is Cc1nc(-c2cccc(NC(=O)NCCC(O)C(C)C)c2)no1. The first-order valence-electron chi connectivity index (χ1n) is 7.59. The normalized spacial score (nSPS) is 12.2. The first-order valence-corrected chi connectivity index (χ1v) is 7.59. The van der Waals surface area contributed by atoms with Crippen LogP contribution in [-0.4, -0.2) is 33.9 Å². The van der Waals surface area contributed by atoms with Crippen molar-refractivity contribution in [3.8, 4) is 11.4 Å². The molecule has 0 aliphatic rings. The topological polar surface area (TPSA) is 100 Å². The molecule has 124 valence electrons. The van der Waals surface area contributed by atoms with Gasteiger partial charge in [0.2, 0.25) is 11.7 Å². The molecule has 0 spiro atoms. The Balaban J connectivity index is 1.89. The lowest BCUT2D eigenvalue weighted by Gasteiger charge is -2.14. The van der Waals surface area contributed by atoms with Gasteiger partial charge < -0.3 is 20.3 Å². The van der Waals surface area contributed by atoms with Crippen LogP contribution in [0.3, 0.4) is 0 Å². The number of aliphatic hydroxyl groups excluding tert-OH is 1. The molecule has 0 saturated carbocycles. The number of anilines is 1. The number of urea groups is 1. The van der Waals surface area contributed by atoms with Gasteiger partial charge in [0.1, 0.15) is 0 Å². The van der Waals surface area contributed by atoms with Gasteiger partial charge in [-0.15, -0.1) is 0 Å². The Morgan fingerprint density at radius 3 is 2.83 bits per heavy atom. The monoisotopic (exact) mass is 318 g/mol. The lowest BCUT2D eigenvalue weighted by Crippen LogP contribution is -2.32. The second-order valence-corrected chi connectivity index (χ2v) is 5.70. The van der Waals surface area contributed by atoms with Crippen molar-refractivity contribution in [3.05, 3.63) is 30.2 Å². The highest BCUT2D eigenvalue weighted by atomic mass is 16.5. The van der Waals surface area contributed by atoms with Crippen LogP contribution in [0.5, 0.6) is 0 Å². The summed E-state index contributed by atoms with van der Waals surface area (Å²) in [7, 11) is 0. The van der Waals surface area contributed by atoms with Crippen molar-refractivity contribution in [1.82, 2.24) is 15.5 Å². The van der Waals surface area contributed by atoms with Crippen LogP contribution in [0.1, 0.15) is 26.2 Å². The molecule has 0 bridgehead atoms. The molecule has 0 aliphatic carbocycles. The largest absolute Gasteiger partial charge is 0.393 e. The quantitative estimate of drug-likeness (QED) is 0.760. The number of amides is 2. The standard InChI is InChI=1S/C16H22N4O3/c1-10(2)14(21)7-8-17-16(22)19-13-6-4-5-12(9-13)15-18-11(3)23-20-15/h4-6,9-10,14,21H,7-8H2,1-3H3,(H2,17,19,22). The Hall–Kier alpha value is -2.41. The molecule has 2 rings (SSSR count). The zero-order valence-electron chi connectivity index (χ0n) is 13.5. The van der Waals surface area contributed by atoms with Crippen molar-refractivity contribution in [2.45, 2.75) is 33.3 Å². The van der Waals surface area contributed by atoms with Gasteiger partial charge in [0.05, 0.1) is 6.10 Å². The Morgan fingerprint density at radius 2 is 2.17 bits per heavy atom. The van der Waals surface area contributed by atoms with Crippen LogP contribution in [-0.2, 0) is 0 Å². The summed E-state index contributed by atoms with van der Waals surface area (Å²) < 4.78 is 4.95. The number of aromatic nitrogens is 2. The average Bonchev–Trinajstić information content (AvgIpc) is 2.94. The summed E-state index contributed by atoms with van der Waals surface area (Å²) in [4.78, 5) is 16.0. The fraction of sp³-hybridized carbons (Fsp3) is 0.438. The van der Waals surface area contributed by atoms with Gasteiger partial charge >= 0.3 is 6.03 Å². The molecule has 23 heavy (non-hydrogen) atoms. The highest BCUT2D eigenvalue weighted by molar-refractivity contribution is 5.89. The van der Waals surface area contributed by atoms with Gasteiger partial charge in [0.15, 0.2) is 0 Å². The molecule has 1 aromatic heterocycles. The maximum absolute atomic E-state index is 11.9. The first-order chi connectivity index (χ1) is 11.0. The molecule has 0 fully saturated rings. The van der Waals surface area contributed by atoms with E-state index in [0.717, 1.165) is 5.56 Å². The van der Waals surface area contributed by atoms with Gasteiger partial charge in [0, 0.05) is 24.7 Å². The molecule has 1 heterocycles. The highest BCUT2D eigenvalue weighted by Gasteiger charge is 2.10. The molecule has 1 atom stereocenters. The van der Waals surface area contributed by atoms with Crippen LogP contribution in [0.25, 0.3) is 11.4 Å². The van der Waals surface area contributed by atoms with Gasteiger partial charge in [-0.1, -0.05) is 31.1 Å². The van der Waals surface area contributed by atoms with Gasteiger partial charge in [-0.2, -0.15) is 4.98 Å². The van der Waals surface area contributed by atoms with Crippen molar-refractivity contribution in [2.24, 2.45) is 5.92 Å². The number of carbonyl (C=O) groups is 1. The highest BCUT2D eigenvalue weighted by Crippen LogP contribution is 2.19. The predicted octanol–water partition coefficient (Wildman–Crippen LogP) is 2.57. The van der Waals surface area contributed by atoms with Crippen LogP contribution >= 0.6 is 0 Å². The Bertz CT molecular complexity index is 654. The van der Waals surface area contributed by atoms with Gasteiger partial charge in [-0.3, -0.25) is 0 Å². The van der Waals surface area contributed by atoms with E-state index in [2.05, 4.69) is 20.8 Å². The van der Waals surface area contributed by atoms with Crippen molar-refractivity contribution in [3.63, 3.8) is 0 Å². The minimum Gasteiger partial charge on any atom is -0.393 e. The molecule has 0 saturated heterocycles. The number of carbonyl (C=O) groups excluding carboxylic acids is 1. The number of nitrogens with zero attached hydrogens (tertiary/aromatic N) is 2. The van der Waals surface area contributed by atoms with E-state index in [-0.39, 0.29) is 11.9 Å². The van der Waals surface area contributed by atoms with E-state index in [1.165, 1.54) is 0 Å². The van der Waals surface area contributed by atoms with Crippen LogP contribution < -0.4 is 10.6 Å². The van der Waals surface area contributed by atoms with Gasteiger partial charge in [0.25, 0.3) is 0 Å². The second-order valence-electron chi connectivity index (χ2n) is 5.70. The molecule has 1 unspecified atom stereocenters. The third-order valence-corrected chi connectivity index (χ3v) is 3.40. The number of benzene rings is 1. The molecule has 3 N–H and O–H groups in total. The molecule has 2 aromatic rings. The zero-order chi connectivity index (χ0) is 16.8. The minimum atomic E-state index is -0.417. The third kappa shape index (κ3) is 5.07. The van der Waals surface area contributed by atoms with E-state index in [0.29, 0.717) is 30.4 Å². The maximum atomic E-state index is 11.9. The van der Waals surface area contributed by atoms with Crippen molar-refractivity contribution in [2.75, 3.05) is 11.9 Å². The van der Waals surface area contributed by atoms with Crippen LogP contribution in [0.2, 0.25) is 0 Å². The number of nitrogens with one attached hydrogen (secondary N) is 2. The maximum Gasteiger partial charge on any atom is 0.319 e. The van der Waals surface area contributed by atoms with E-state index in [4.69, 9.17) is 4.52 Å². The number of hydrogen-bond acceptors (Lipinski definition) is 5. The van der Waals surface area contributed by atoms with E-state index in [9.17, 15) is 9.90 Å². The number of rotatable bonds is 6. The smallest absolute Gasteiger partial charge is 0.319 e. The van der Waals surface area contributed by atoms with E-state index < -0.39 is 6.10 Å². The Kier molecular flexibility index (Phi) is 5.70. The summed E-state index contributed by atoms with van der Waals surface area (Å²) in [5, 5.41) is 19.0. The first kappa shape index (κ1) is 17.0. The Labute approximate surface area is 135 Å². The van der Waals surface area contributed by atoms with Crippen molar-refractivity contribution in [1.29, 1.82) is 0 Å². The van der Waals surface area contributed by atoms with Crippen LogP contribution in [0.4, 0.5) is 10.5 Å². The third-order valence-electron chi connectivity index (χ3n) is 3.40.